The Morgan fingerprint density at radius 2 is 1.85 bits per heavy atom. The Morgan fingerprint density at radius 1 is 1.19 bits per heavy atom. The predicted molar refractivity (Wildman–Crippen MR) is 107 cm³/mol. The molecule has 3 rings (SSSR count). The van der Waals surface area contributed by atoms with Crippen LogP contribution in [0.2, 0.25) is 0 Å². The lowest BCUT2D eigenvalue weighted by Gasteiger charge is -2.18. The summed E-state index contributed by atoms with van der Waals surface area (Å²) in [7, 11) is 0. The molecular weight excluding hydrogens is 341 g/mol. The molecule has 144 valence electrons. The summed E-state index contributed by atoms with van der Waals surface area (Å²) in [6.45, 7) is 5.94. The molecule has 2 aromatic rings. The molecule has 3 nitrogen and oxygen atoms in total. The highest BCUT2D eigenvalue weighted by atomic mass is 19.1. The minimum Gasteiger partial charge on any atom is -0.393 e. The van der Waals surface area contributed by atoms with E-state index in [0.717, 1.165) is 46.5 Å². The van der Waals surface area contributed by atoms with Crippen molar-refractivity contribution < 1.29 is 14.6 Å². The van der Waals surface area contributed by atoms with Crippen molar-refractivity contribution in [1.82, 2.24) is 4.98 Å². The van der Waals surface area contributed by atoms with Gasteiger partial charge in [0.05, 0.1) is 17.9 Å². The van der Waals surface area contributed by atoms with Crippen molar-refractivity contribution in [2.75, 3.05) is 0 Å². The van der Waals surface area contributed by atoms with E-state index in [-0.39, 0.29) is 5.82 Å². The normalized spacial score (nSPS) is 16.7. The van der Waals surface area contributed by atoms with E-state index in [1.54, 1.807) is 18.2 Å². The highest BCUT2D eigenvalue weighted by Gasteiger charge is 2.29. The molecule has 1 heterocycles. The molecule has 0 radical (unpaired) electrons. The van der Waals surface area contributed by atoms with Crippen molar-refractivity contribution in [3.05, 3.63) is 58.7 Å². The molecule has 0 aliphatic heterocycles. The first-order valence-electron chi connectivity index (χ1n) is 9.72. The third kappa shape index (κ3) is 4.63. The van der Waals surface area contributed by atoms with Gasteiger partial charge in [-0.25, -0.2) is 4.39 Å². The summed E-state index contributed by atoms with van der Waals surface area (Å²) >= 11 is 0. The van der Waals surface area contributed by atoms with Crippen LogP contribution >= 0.6 is 0 Å². The van der Waals surface area contributed by atoms with Gasteiger partial charge in [-0.1, -0.05) is 31.2 Å². The quantitative estimate of drug-likeness (QED) is 0.728. The number of aliphatic hydroxyl groups is 2. The molecule has 1 saturated carbocycles. The molecule has 1 fully saturated rings. The van der Waals surface area contributed by atoms with Crippen molar-refractivity contribution in [3.63, 3.8) is 0 Å². The average molecular weight is 369 g/mol. The van der Waals surface area contributed by atoms with Gasteiger partial charge in [0.25, 0.3) is 0 Å². The van der Waals surface area contributed by atoms with Gasteiger partial charge in [0.2, 0.25) is 0 Å². The number of hydrogen-bond donors (Lipinski definition) is 2. The third-order valence-electron chi connectivity index (χ3n) is 5.32. The summed E-state index contributed by atoms with van der Waals surface area (Å²) < 4.78 is 13.4. The van der Waals surface area contributed by atoms with Gasteiger partial charge in [-0.15, -0.1) is 0 Å². The highest BCUT2D eigenvalue weighted by molar-refractivity contribution is 5.80. The summed E-state index contributed by atoms with van der Waals surface area (Å²) in [5.74, 6) is 0.187. The van der Waals surface area contributed by atoms with Gasteiger partial charge in [0.1, 0.15) is 5.82 Å². The Balaban J connectivity index is 2.07. The number of hydrogen-bond acceptors (Lipinski definition) is 3. The third-order valence-corrected chi connectivity index (χ3v) is 5.32. The first kappa shape index (κ1) is 19.7. The molecule has 1 aromatic heterocycles. The smallest absolute Gasteiger partial charge is 0.123 e. The molecule has 2 unspecified atom stereocenters. The number of nitrogens with zero attached hydrogens (tertiary/aromatic N) is 1. The summed E-state index contributed by atoms with van der Waals surface area (Å²) in [5.41, 5.74) is 6.09. The summed E-state index contributed by atoms with van der Waals surface area (Å²) in [6, 6.07) is 6.54. The van der Waals surface area contributed by atoms with Crippen molar-refractivity contribution in [2.24, 2.45) is 0 Å². The number of pyridine rings is 1. The van der Waals surface area contributed by atoms with Gasteiger partial charge >= 0.3 is 0 Å². The number of aryl methyl sites for hydroxylation is 1. The van der Waals surface area contributed by atoms with Crippen molar-refractivity contribution in [2.45, 2.75) is 64.6 Å². The molecule has 1 aliphatic carbocycles. The van der Waals surface area contributed by atoms with Crippen LogP contribution in [0.4, 0.5) is 4.39 Å². The number of halogens is 1. The van der Waals surface area contributed by atoms with Gasteiger partial charge in [0, 0.05) is 23.6 Å². The molecule has 1 aliphatic rings. The summed E-state index contributed by atoms with van der Waals surface area (Å²) in [6.07, 6.45) is 5.62. The van der Waals surface area contributed by atoms with Crippen molar-refractivity contribution in [3.8, 4) is 11.1 Å². The Hall–Kier alpha value is -2.04. The maximum atomic E-state index is 13.4. The summed E-state index contributed by atoms with van der Waals surface area (Å²) in [4.78, 5) is 4.84. The zero-order chi connectivity index (χ0) is 19.6. The molecule has 0 saturated heterocycles. The van der Waals surface area contributed by atoms with Crippen molar-refractivity contribution >= 4 is 6.08 Å². The second-order valence-electron chi connectivity index (χ2n) is 7.50. The molecule has 4 heteroatoms. The van der Waals surface area contributed by atoms with Crippen LogP contribution in [0.5, 0.6) is 0 Å². The van der Waals surface area contributed by atoms with Crippen LogP contribution in [-0.4, -0.2) is 27.4 Å². The lowest BCUT2D eigenvalue weighted by atomic mass is 9.91. The van der Waals surface area contributed by atoms with Crippen LogP contribution < -0.4 is 0 Å². The minimum atomic E-state index is -0.713. The lowest BCUT2D eigenvalue weighted by molar-refractivity contribution is 0.102. The fraction of sp³-hybridized carbons (Fsp3) is 0.435. The number of aliphatic hydroxyl groups excluding tert-OH is 2. The molecule has 2 N–H and O–H groups in total. The topological polar surface area (TPSA) is 53.4 Å². The van der Waals surface area contributed by atoms with Gasteiger partial charge in [-0.3, -0.25) is 4.98 Å². The molecular formula is C23H28FNO2. The minimum absolute atomic E-state index is 0.259. The Morgan fingerprint density at radius 3 is 2.44 bits per heavy atom. The first-order valence-corrected chi connectivity index (χ1v) is 9.72. The van der Waals surface area contributed by atoms with Crippen molar-refractivity contribution in [1.29, 1.82) is 0 Å². The molecule has 0 spiro atoms. The zero-order valence-corrected chi connectivity index (χ0v) is 16.2. The molecule has 1 aromatic carbocycles. The zero-order valence-electron chi connectivity index (χ0n) is 16.2. The van der Waals surface area contributed by atoms with E-state index in [9.17, 15) is 14.6 Å². The van der Waals surface area contributed by atoms with Gasteiger partial charge < -0.3 is 10.2 Å². The van der Waals surface area contributed by atoms with E-state index in [0.29, 0.717) is 18.8 Å². The van der Waals surface area contributed by atoms with E-state index in [2.05, 4.69) is 0 Å². The van der Waals surface area contributed by atoms with Gasteiger partial charge in [-0.2, -0.15) is 0 Å². The van der Waals surface area contributed by atoms with Crippen LogP contribution in [-0.2, 0) is 0 Å². The standard InChI is InChI=1S/C23H28FNO2/c1-4-19(26)13-20(27)11-12-21-22(16-7-9-18(24)10-8-16)14(2)15(3)25-23(21)17-5-6-17/h7-12,17,19-20,26-27H,4-6,13H2,1-3H3/b12-11+. The van der Waals surface area contributed by atoms with E-state index < -0.39 is 12.2 Å². The number of aromatic nitrogens is 1. The molecule has 0 bridgehead atoms. The van der Waals surface area contributed by atoms with Crippen LogP contribution in [0.15, 0.2) is 30.3 Å². The first-order chi connectivity index (χ1) is 12.9. The largest absolute Gasteiger partial charge is 0.393 e. The number of rotatable bonds is 7. The lowest BCUT2D eigenvalue weighted by Crippen LogP contribution is -2.14. The van der Waals surface area contributed by atoms with Crippen LogP contribution in [0.1, 0.15) is 61.0 Å². The van der Waals surface area contributed by atoms with E-state index >= 15 is 0 Å². The fourth-order valence-corrected chi connectivity index (χ4v) is 3.39. The van der Waals surface area contributed by atoms with Gasteiger partial charge in [-0.05, 0) is 61.9 Å². The second kappa shape index (κ2) is 8.32. The second-order valence-corrected chi connectivity index (χ2v) is 7.50. The maximum Gasteiger partial charge on any atom is 0.123 e. The Labute approximate surface area is 160 Å². The maximum absolute atomic E-state index is 13.4. The van der Waals surface area contributed by atoms with E-state index in [4.69, 9.17) is 4.98 Å². The highest BCUT2D eigenvalue weighted by Crippen LogP contribution is 2.44. The molecule has 0 amide bonds. The monoisotopic (exact) mass is 369 g/mol. The Bertz CT molecular complexity index is 825. The molecule has 2 atom stereocenters. The van der Waals surface area contributed by atoms with E-state index in [1.165, 1.54) is 12.1 Å². The van der Waals surface area contributed by atoms with Crippen LogP contribution in [0, 0.1) is 19.7 Å². The van der Waals surface area contributed by atoms with Crippen LogP contribution in [0.25, 0.3) is 17.2 Å². The Kier molecular flexibility index (Phi) is 6.08. The number of benzene rings is 1. The average Bonchev–Trinajstić information content (AvgIpc) is 3.48. The van der Waals surface area contributed by atoms with E-state index in [1.807, 2.05) is 26.8 Å². The van der Waals surface area contributed by atoms with Crippen LogP contribution in [0.3, 0.4) is 0 Å². The predicted octanol–water partition coefficient (Wildman–Crippen LogP) is 4.92. The fourth-order valence-electron chi connectivity index (χ4n) is 3.39. The molecule has 27 heavy (non-hydrogen) atoms. The SMILES string of the molecule is CCC(O)CC(O)/C=C/c1c(C2CC2)nc(C)c(C)c1-c1ccc(F)cc1. The summed E-state index contributed by atoms with van der Waals surface area (Å²) in [5, 5.41) is 20.0. The van der Waals surface area contributed by atoms with Gasteiger partial charge in [0.15, 0.2) is 0 Å².